The molecule has 0 spiro atoms. The SMILES string of the molecule is CC(N)c1cc(F)c(C(O)c2cccc3cnccc23)c(F)c1. The van der Waals surface area contributed by atoms with Crippen LogP contribution < -0.4 is 5.73 Å². The highest BCUT2D eigenvalue weighted by atomic mass is 19.1. The van der Waals surface area contributed by atoms with Gasteiger partial charge in [0.15, 0.2) is 0 Å². The van der Waals surface area contributed by atoms with Crippen molar-refractivity contribution in [3.63, 3.8) is 0 Å². The minimum Gasteiger partial charge on any atom is -0.383 e. The van der Waals surface area contributed by atoms with Crippen molar-refractivity contribution in [1.29, 1.82) is 0 Å². The summed E-state index contributed by atoms with van der Waals surface area (Å²) in [5.74, 6) is -1.62. The van der Waals surface area contributed by atoms with E-state index in [2.05, 4.69) is 4.98 Å². The number of aromatic nitrogens is 1. The summed E-state index contributed by atoms with van der Waals surface area (Å²) in [6, 6.07) is 8.73. The van der Waals surface area contributed by atoms with Crippen molar-refractivity contribution in [1.82, 2.24) is 4.98 Å². The molecular weight excluding hydrogens is 298 g/mol. The van der Waals surface area contributed by atoms with E-state index in [1.165, 1.54) is 12.1 Å². The molecule has 0 aliphatic rings. The molecule has 2 aromatic carbocycles. The molecule has 3 aromatic rings. The molecular formula is C18H16F2N2O. The van der Waals surface area contributed by atoms with E-state index < -0.39 is 23.8 Å². The van der Waals surface area contributed by atoms with E-state index in [-0.39, 0.29) is 5.56 Å². The van der Waals surface area contributed by atoms with E-state index in [4.69, 9.17) is 5.73 Å². The van der Waals surface area contributed by atoms with Crippen molar-refractivity contribution < 1.29 is 13.9 Å². The predicted molar refractivity (Wildman–Crippen MR) is 84.8 cm³/mol. The van der Waals surface area contributed by atoms with Crippen molar-refractivity contribution in [3.8, 4) is 0 Å². The molecule has 0 saturated carbocycles. The van der Waals surface area contributed by atoms with Gasteiger partial charge in [-0.25, -0.2) is 8.78 Å². The Kier molecular flexibility index (Phi) is 4.07. The van der Waals surface area contributed by atoms with Gasteiger partial charge in [-0.1, -0.05) is 18.2 Å². The molecule has 1 heterocycles. The summed E-state index contributed by atoms with van der Waals surface area (Å²) in [5.41, 5.74) is 6.06. The summed E-state index contributed by atoms with van der Waals surface area (Å²) in [4.78, 5) is 4.01. The first-order valence-electron chi connectivity index (χ1n) is 7.24. The highest BCUT2D eigenvalue weighted by molar-refractivity contribution is 5.85. The monoisotopic (exact) mass is 314 g/mol. The minimum atomic E-state index is -1.41. The third-order valence-electron chi connectivity index (χ3n) is 3.91. The van der Waals surface area contributed by atoms with Crippen LogP contribution in [0, 0.1) is 11.6 Å². The second-order valence-corrected chi connectivity index (χ2v) is 5.53. The fraction of sp³-hybridized carbons (Fsp3) is 0.167. The number of nitrogens with two attached hydrogens (primary N) is 1. The highest BCUT2D eigenvalue weighted by Crippen LogP contribution is 2.32. The Morgan fingerprint density at radius 3 is 2.48 bits per heavy atom. The lowest BCUT2D eigenvalue weighted by Gasteiger charge is -2.17. The maximum absolute atomic E-state index is 14.3. The summed E-state index contributed by atoms with van der Waals surface area (Å²) < 4.78 is 28.7. The van der Waals surface area contributed by atoms with Crippen LogP contribution in [0.5, 0.6) is 0 Å². The number of fused-ring (bicyclic) bond motifs is 1. The number of hydrogen-bond donors (Lipinski definition) is 2. The first-order valence-corrected chi connectivity index (χ1v) is 7.24. The van der Waals surface area contributed by atoms with Crippen LogP contribution in [0.3, 0.4) is 0 Å². The quantitative estimate of drug-likeness (QED) is 0.776. The van der Waals surface area contributed by atoms with Gasteiger partial charge in [-0.2, -0.15) is 0 Å². The number of aliphatic hydroxyl groups excluding tert-OH is 1. The van der Waals surface area contributed by atoms with Crippen LogP contribution in [0.2, 0.25) is 0 Å². The molecule has 0 amide bonds. The van der Waals surface area contributed by atoms with Crippen LogP contribution in [-0.2, 0) is 0 Å². The predicted octanol–water partition coefficient (Wildman–Crippen LogP) is 3.61. The van der Waals surface area contributed by atoms with Crippen molar-refractivity contribution in [2.24, 2.45) is 5.73 Å². The van der Waals surface area contributed by atoms with E-state index in [0.717, 1.165) is 5.39 Å². The van der Waals surface area contributed by atoms with E-state index in [1.807, 2.05) is 6.07 Å². The van der Waals surface area contributed by atoms with Gasteiger partial charge in [0, 0.05) is 23.8 Å². The lowest BCUT2D eigenvalue weighted by Crippen LogP contribution is -2.11. The lowest BCUT2D eigenvalue weighted by molar-refractivity contribution is 0.210. The molecule has 0 bridgehead atoms. The molecule has 0 fully saturated rings. The van der Waals surface area contributed by atoms with E-state index in [0.29, 0.717) is 16.5 Å². The van der Waals surface area contributed by atoms with E-state index in [1.54, 1.807) is 37.5 Å². The van der Waals surface area contributed by atoms with Crippen molar-refractivity contribution in [2.75, 3.05) is 0 Å². The third-order valence-corrected chi connectivity index (χ3v) is 3.91. The lowest BCUT2D eigenvalue weighted by atomic mass is 9.94. The molecule has 3 rings (SSSR count). The summed E-state index contributed by atoms with van der Waals surface area (Å²) in [7, 11) is 0. The standard InChI is InChI=1S/C18H16F2N2O/c1-10(21)12-7-15(19)17(16(20)8-12)18(23)14-4-2-3-11-9-22-6-5-13(11)14/h2-10,18,23H,21H2,1H3. The van der Waals surface area contributed by atoms with Gasteiger partial charge in [0.25, 0.3) is 0 Å². The van der Waals surface area contributed by atoms with Gasteiger partial charge in [-0.3, -0.25) is 4.98 Å². The van der Waals surface area contributed by atoms with Crippen molar-refractivity contribution in [3.05, 3.63) is 77.1 Å². The summed E-state index contributed by atoms with van der Waals surface area (Å²) in [6.45, 7) is 1.64. The fourth-order valence-electron chi connectivity index (χ4n) is 2.67. The van der Waals surface area contributed by atoms with E-state index >= 15 is 0 Å². The smallest absolute Gasteiger partial charge is 0.132 e. The summed E-state index contributed by atoms with van der Waals surface area (Å²) in [5, 5.41) is 12.0. The Hall–Kier alpha value is -2.37. The first-order chi connectivity index (χ1) is 11.0. The number of benzene rings is 2. The van der Waals surface area contributed by atoms with Crippen molar-refractivity contribution in [2.45, 2.75) is 19.1 Å². The molecule has 5 heteroatoms. The number of aliphatic hydroxyl groups is 1. The minimum absolute atomic E-state index is 0.345. The van der Waals surface area contributed by atoms with Gasteiger partial charge >= 0.3 is 0 Å². The second-order valence-electron chi connectivity index (χ2n) is 5.53. The van der Waals surface area contributed by atoms with Crippen LogP contribution in [-0.4, -0.2) is 10.1 Å². The zero-order chi connectivity index (χ0) is 16.6. The molecule has 23 heavy (non-hydrogen) atoms. The topological polar surface area (TPSA) is 59.1 Å². The molecule has 0 aliphatic carbocycles. The highest BCUT2D eigenvalue weighted by Gasteiger charge is 2.22. The number of halogens is 2. The fourth-order valence-corrected chi connectivity index (χ4v) is 2.67. The van der Waals surface area contributed by atoms with E-state index in [9.17, 15) is 13.9 Å². The molecule has 2 unspecified atom stereocenters. The zero-order valence-corrected chi connectivity index (χ0v) is 12.5. The number of rotatable bonds is 3. The van der Waals surface area contributed by atoms with Crippen LogP contribution in [0.15, 0.2) is 48.8 Å². The zero-order valence-electron chi connectivity index (χ0n) is 12.5. The number of hydrogen-bond acceptors (Lipinski definition) is 3. The average Bonchev–Trinajstić information content (AvgIpc) is 2.53. The Morgan fingerprint density at radius 1 is 1.13 bits per heavy atom. The molecule has 0 radical (unpaired) electrons. The number of pyridine rings is 1. The van der Waals surface area contributed by atoms with Gasteiger partial charge in [0.1, 0.15) is 17.7 Å². The Labute approximate surface area is 132 Å². The largest absolute Gasteiger partial charge is 0.383 e. The van der Waals surface area contributed by atoms with Crippen molar-refractivity contribution >= 4 is 10.8 Å². The number of nitrogens with zero attached hydrogens (tertiary/aromatic N) is 1. The molecule has 3 nitrogen and oxygen atoms in total. The Bertz CT molecular complexity index is 836. The van der Waals surface area contributed by atoms with Crippen LogP contribution in [0.25, 0.3) is 10.8 Å². The summed E-state index contributed by atoms with van der Waals surface area (Å²) >= 11 is 0. The second kappa shape index (κ2) is 6.02. The van der Waals surface area contributed by atoms with Gasteiger partial charge in [-0.05, 0) is 41.6 Å². The first kappa shape index (κ1) is 15.5. The third kappa shape index (κ3) is 2.81. The summed E-state index contributed by atoms with van der Waals surface area (Å²) in [6.07, 6.45) is 1.80. The maximum Gasteiger partial charge on any atom is 0.132 e. The normalized spacial score (nSPS) is 14.0. The van der Waals surface area contributed by atoms with Gasteiger partial charge < -0.3 is 10.8 Å². The molecule has 118 valence electrons. The Morgan fingerprint density at radius 2 is 1.83 bits per heavy atom. The molecule has 0 saturated heterocycles. The van der Waals surface area contributed by atoms with Crippen LogP contribution in [0.4, 0.5) is 8.78 Å². The van der Waals surface area contributed by atoms with Gasteiger partial charge in [0.2, 0.25) is 0 Å². The van der Waals surface area contributed by atoms with Crippen LogP contribution in [0.1, 0.15) is 35.8 Å². The average molecular weight is 314 g/mol. The molecule has 3 N–H and O–H groups in total. The Balaban J connectivity index is 2.15. The molecule has 0 aliphatic heterocycles. The maximum atomic E-state index is 14.3. The van der Waals surface area contributed by atoms with Gasteiger partial charge in [-0.15, -0.1) is 0 Å². The van der Waals surface area contributed by atoms with Crippen LogP contribution >= 0.6 is 0 Å². The van der Waals surface area contributed by atoms with Gasteiger partial charge in [0.05, 0.1) is 5.56 Å². The molecule has 1 aromatic heterocycles. The molecule has 2 atom stereocenters.